The minimum Gasteiger partial charge on any atom is -0.309 e. The van der Waals surface area contributed by atoms with Gasteiger partial charge in [-0.2, -0.15) is 0 Å². The molecule has 5 rings (SSSR count). The number of benzene rings is 1. The second-order valence-electron chi connectivity index (χ2n) is 8.88. The van der Waals surface area contributed by atoms with Crippen LogP contribution in [0.3, 0.4) is 0 Å². The second-order valence-corrected chi connectivity index (χ2v) is 8.88. The molecule has 9 heteroatoms. The summed E-state index contributed by atoms with van der Waals surface area (Å²) in [5, 5.41) is 3.09. The van der Waals surface area contributed by atoms with E-state index in [9.17, 15) is 4.39 Å². The molecule has 4 aromatic rings. The number of nitrogens with one attached hydrogen (secondary N) is 1. The molecule has 1 N–H and O–H groups in total. The van der Waals surface area contributed by atoms with Gasteiger partial charge < -0.3 is 10.2 Å². The topological polar surface area (TPSA) is 83.0 Å². The van der Waals surface area contributed by atoms with E-state index < -0.39 is 5.82 Å². The van der Waals surface area contributed by atoms with E-state index in [1.54, 1.807) is 12.1 Å². The number of fused-ring (bicyclic) bond motifs is 1. The quantitative estimate of drug-likeness (QED) is 0.449. The fourth-order valence-corrected chi connectivity index (χ4v) is 4.24. The van der Waals surface area contributed by atoms with Gasteiger partial charge in [0.25, 0.3) is 0 Å². The third-order valence-corrected chi connectivity index (χ3v) is 6.48. The van der Waals surface area contributed by atoms with E-state index in [4.69, 9.17) is 0 Å². The zero-order valence-corrected chi connectivity index (χ0v) is 20.3. The van der Waals surface area contributed by atoms with Gasteiger partial charge in [-0.1, -0.05) is 19.1 Å². The Hall–Kier alpha value is -3.56. The number of nitrogens with zero attached hydrogens (tertiary/aromatic N) is 7. The maximum atomic E-state index is 14.6. The lowest BCUT2D eigenvalue weighted by atomic mass is 10.1. The molecule has 0 radical (unpaired) electrons. The summed E-state index contributed by atoms with van der Waals surface area (Å²) in [6, 6.07) is 9.39. The summed E-state index contributed by atoms with van der Waals surface area (Å²) in [7, 11) is 0. The summed E-state index contributed by atoms with van der Waals surface area (Å²) in [5.74, 6) is 0.388. The van der Waals surface area contributed by atoms with Crippen LogP contribution < -0.4 is 5.32 Å². The number of pyridine rings is 1. The van der Waals surface area contributed by atoms with Gasteiger partial charge in [-0.15, -0.1) is 0 Å². The van der Waals surface area contributed by atoms with Crippen molar-refractivity contribution in [1.82, 2.24) is 34.7 Å². The maximum Gasteiger partial charge on any atom is 0.229 e. The van der Waals surface area contributed by atoms with Crippen molar-refractivity contribution in [3.8, 4) is 11.3 Å². The van der Waals surface area contributed by atoms with Gasteiger partial charge in [-0.25, -0.2) is 29.3 Å². The van der Waals surface area contributed by atoms with Crippen molar-refractivity contribution in [1.29, 1.82) is 0 Å². The van der Waals surface area contributed by atoms with E-state index >= 15 is 0 Å². The molecule has 0 saturated carbocycles. The number of rotatable bonds is 6. The molecule has 0 atom stereocenters. The van der Waals surface area contributed by atoms with Crippen LogP contribution in [0.1, 0.15) is 23.9 Å². The normalized spacial score (nSPS) is 15.0. The predicted octanol–water partition coefficient (Wildman–Crippen LogP) is 4.12. The highest BCUT2D eigenvalue weighted by Gasteiger charge is 2.16. The standard InChI is InChI=1S/C26H29FN8/c1-4-34-9-11-35(12-10-34)16-19-5-8-24(28-14-19)32-26-29-15-21(27)25(33-26)20-6-7-22-23(13-20)31-18(3)17(2)30-22/h5-8,13-15H,4,9-12,16H2,1-3H3,(H,28,29,32,33). The number of likely N-dealkylation sites (N-methyl/N-ethyl adjacent to an activating group) is 1. The van der Waals surface area contributed by atoms with Crippen molar-refractivity contribution >= 4 is 22.8 Å². The molecular weight excluding hydrogens is 443 g/mol. The first-order valence-electron chi connectivity index (χ1n) is 11.9. The second kappa shape index (κ2) is 9.97. The third-order valence-electron chi connectivity index (χ3n) is 6.48. The van der Waals surface area contributed by atoms with Crippen LogP contribution in [0.25, 0.3) is 22.3 Å². The van der Waals surface area contributed by atoms with Crippen LogP contribution in [0.5, 0.6) is 0 Å². The number of hydrogen-bond donors (Lipinski definition) is 1. The number of anilines is 2. The van der Waals surface area contributed by atoms with Gasteiger partial charge in [0.2, 0.25) is 5.95 Å². The Labute approximate surface area is 204 Å². The van der Waals surface area contributed by atoms with Crippen molar-refractivity contribution in [2.75, 3.05) is 38.0 Å². The maximum absolute atomic E-state index is 14.6. The van der Waals surface area contributed by atoms with E-state index in [2.05, 4.69) is 53.0 Å². The van der Waals surface area contributed by atoms with Crippen LogP contribution in [0.4, 0.5) is 16.2 Å². The molecule has 180 valence electrons. The highest BCUT2D eigenvalue weighted by atomic mass is 19.1. The van der Waals surface area contributed by atoms with Gasteiger partial charge in [-0.3, -0.25) is 4.90 Å². The predicted molar refractivity (Wildman–Crippen MR) is 135 cm³/mol. The Balaban J connectivity index is 1.30. The minimum atomic E-state index is -0.502. The van der Waals surface area contributed by atoms with Gasteiger partial charge in [0.15, 0.2) is 5.82 Å². The number of aryl methyl sites for hydroxylation is 2. The summed E-state index contributed by atoms with van der Waals surface area (Å²) in [6.07, 6.45) is 3.04. The van der Waals surface area contributed by atoms with Gasteiger partial charge in [0.1, 0.15) is 11.5 Å². The highest BCUT2D eigenvalue weighted by molar-refractivity contribution is 5.81. The van der Waals surface area contributed by atoms with Crippen LogP contribution in [0.15, 0.2) is 42.7 Å². The zero-order chi connectivity index (χ0) is 24.4. The van der Waals surface area contributed by atoms with Crippen molar-refractivity contribution in [2.24, 2.45) is 0 Å². The van der Waals surface area contributed by atoms with Gasteiger partial charge in [-0.05, 0) is 44.2 Å². The Morgan fingerprint density at radius 3 is 2.31 bits per heavy atom. The van der Waals surface area contributed by atoms with E-state index in [0.717, 1.165) is 61.7 Å². The fraction of sp³-hybridized carbons (Fsp3) is 0.346. The van der Waals surface area contributed by atoms with E-state index in [-0.39, 0.29) is 11.6 Å². The number of hydrogen-bond acceptors (Lipinski definition) is 8. The first kappa shape index (κ1) is 23.2. The smallest absolute Gasteiger partial charge is 0.229 e. The lowest BCUT2D eigenvalue weighted by molar-refractivity contribution is 0.132. The molecule has 0 aliphatic carbocycles. The molecule has 1 saturated heterocycles. The fourth-order valence-electron chi connectivity index (χ4n) is 4.24. The average Bonchev–Trinajstić information content (AvgIpc) is 2.87. The summed E-state index contributed by atoms with van der Waals surface area (Å²) < 4.78 is 14.6. The van der Waals surface area contributed by atoms with Crippen molar-refractivity contribution in [3.05, 3.63) is 65.5 Å². The number of piperazine rings is 1. The highest BCUT2D eigenvalue weighted by Crippen LogP contribution is 2.25. The van der Waals surface area contributed by atoms with Gasteiger partial charge >= 0.3 is 0 Å². The van der Waals surface area contributed by atoms with Crippen molar-refractivity contribution in [3.63, 3.8) is 0 Å². The molecule has 8 nitrogen and oxygen atoms in total. The van der Waals surface area contributed by atoms with Crippen LogP contribution in [0, 0.1) is 19.7 Å². The zero-order valence-electron chi connectivity index (χ0n) is 20.3. The van der Waals surface area contributed by atoms with Crippen molar-refractivity contribution in [2.45, 2.75) is 27.3 Å². The van der Waals surface area contributed by atoms with E-state index in [1.807, 2.05) is 32.2 Å². The number of aromatic nitrogens is 5. The van der Waals surface area contributed by atoms with Crippen LogP contribution in [-0.2, 0) is 6.54 Å². The largest absolute Gasteiger partial charge is 0.309 e. The molecule has 1 fully saturated rings. The lowest BCUT2D eigenvalue weighted by Crippen LogP contribution is -2.45. The van der Waals surface area contributed by atoms with Gasteiger partial charge in [0.05, 0.1) is 28.6 Å². The summed E-state index contributed by atoms with van der Waals surface area (Å²) in [4.78, 5) is 27.1. The molecule has 1 aliphatic heterocycles. The molecule has 35 heavy (non-hydrogen) atoms. The SMILES string of the molecule is CCN1CCN(Cc2ccc(Nc3ncc(F)c(-c4ccc5nc(C)c(C)nc5c4)n3)nc2)CC1. The van der Waals surface area contributed by atoms with Crippen LogP contribution >= 0.6 is 0 Å². The van der Waals surface area contributed by atoms with E-state index in [1.165, 1.54) is 6.20 Å². The Morgan fingerprint density at radius 2 is 1.60 bits per heavy atom. The molecular formula is C26H29FN8. The van der Waals surface area contributed by atoms with Crippen LogP contribution in [-0.4, -0.2) is 67.4 Å². The Morgan fingerprint density at radius 1 is 0.857 bits per heavy atom. The van der Waals surface area contributed by atoms with Crippen molar-refractivity contribution < 1.29 is 4.39 Å². The Kier molecular flexibility index (Phi) is 6.61. The molecule has 4 heterocycles. The Bertz CT molecular complexity index is 1330. The molecule has 3 aromatic heterocycles. The minimum absolute atomic E-state index is 0.201. The molecule has 0 bridgehead atoms. The summed E-state index contributed by atoms with van der Waals surface area (Å²) in [6.45, 7) is 12.4. The molecule has 1 aliphatic rings. The average molecular weight is 473 g/mol. The third kappa shape index (κ3) is 5.26. The molecule has 1 aromatic carbocycles. The summed E-state index contributed by atoms with van der Waals surface area (Å²) in [5.41, 5.74) is 5.16. The molecule has 0 spiro atoms. The monoisotopic (exact) mass is 472 g/mol. The van der Waals surface area contributed by atoms with E-state index in [0.29, 0.717) is 16.9 Å². The molecule has 0 unspecified atom stereocenters. The first-order chi connectivity index (χ1) is 17.0. The molecule has 0 amide bonds. The van der Waals surface area contributed by atoms with Crippen LogP contribution in [0.2, 0.25) is 0 Å². The summed E-state index contributed by atoms with van der Waals surface area (Å²) >= 11 is 0. The first-order valence-corrected chi connectivity index (χ1v) is 11.9. The number of halogens is 1. The lowest BCUT2D eigenvalue weighted by Gasteiger charge is -2.33. The van der Waals surface area contributed by atoms with Gasteiger partial charge in [0, 0.05) is 44.5 Å².